The molecule has 5 rings (SSSR count). The Balaban J connectivity index is 1.30. The lowest BCUT2D eigenvalue weighted by Crippen LogP contribution is -2.47. The average Bonchev–Trinajstić information content (AvgIpc) is 3.56. The second kappa shape index (κ2) is 10.3. The standard InChI is InChI=1S/C26H28N6OS/c1-30-12-14-31(15-13-30)18-23(20-8-4-2-5-9-20)28-25(33)24-19-34-26(29-24)21-16-27-32(17-21)22-10-6-3-7-11-22/h2-11,16-17,19,23H,12-15,18H2,1H3,(H,28,33). The monoisotopic (exact) mass is 472 g/mol. The lowest BCUT2D eigenvalue weighted by Gasteiger charge is -2.35. The number of nitrogens with zero attached hydrogens (tertiary/aromatic N) is 5. The van der Waals surface area contributed by atoms with Gasteiger partial charge in [0.25, 0.3) is 5.91 Å². The maximum absolute atomic E-state index is 13.2. The highest BCUT2D eigenvalue weighted by Crippen LogP contribution is 2.25. The third-order valence-corrected chi connectivity index (χ3v) is 7.02. The van der Waals surface area contributed by atoms with Gasteiger partial charge in [0.05, 0.1) is 17.9 Å². The number of likely N-dealkylation sites (N-methyl/N-ethyl adjacent to an activating group) is 1. The summed E-state index contributed by atoms with van der Waals surface area (Å²) in [6.07, 6.45) is 3.73. The first-order chi connectivity index (χ1) is 16.7. The van der Waals surface area contributed by atoms with Crippen molar-refractivity contribution in [3.05, 3.63) is 89.7 Å². The minimum absolute atomic E-state index is 0.0944. The van der Waals surface area contributed by atoms with Gasteiger partial charge in [-0.3, -0.25) is 9.69 Å². The zero-order valence-corrected chi connectivity index (χ0v) is 20.0. The van der Waals surface area contributed by atoms with E-state index in [0.29, 0.717) is 5.69 Å². The van der Waals surface area contributed by atoms with Gasteiger partial charge in [0, 0.05) is 49.9 Å². The summed E-state index contributed by atoms with van der Waals surface area (Å²) in [5.41, 5.74) is 3.42. The van der Waals surface area contributed by atoms with Gasteiger partial charge in [-0.1, -0.05) is 48.5 Å². The van der Waals surface area contributed by atoms with Crippen LogP contribution in [0.3, 0.4) is 0 Å². The van der Waals surface area contributed by atoms with Crippen LogP contribution in [0, 0.1) is 0 Å². The lowest BCUT2D eigenvalue weighted by atomic mass is 10.1. The van der Waals surface area contributed by atoms with Crippen molar-refractivity contribution in [3.8, 4) is 16.3 Å². The second-order valence-corrected chi connectivity index (χ2v) is 9.45. The highest BCUT2D eigenvalue weighted by atomic mass is 32.1. The number of aromatic nitrogens is 3. The molecular formula is C26H28N6OS. The maximum Gasteiger partial charge on any atom is 0.271 e. The van der Waals surface area contributed by atoms with Crippen LogP contribution < -0.4 is 5.32 Å². The summed E-state index contributed by atoms with van der Waals surface area (Å²) in [7, 11) is 2.15. The Hall–Kier alpha value is -3.33. The number of hydrogen-bond donors (Lipinski definition) is 1. The Morgan fingerprint density at radius 3 is 2.47 bits per heavy atom. The van der Waals surface area contributed by atoms with E-state index in [0.717, 1.165) is 54.5 Å². The Kier molecular flexibility index (Phi) is 6.80. The van der Waals surface area contributed by atoms with Crippen LogP contribution in [0.15, 0.2) is 78.4 Å². The summed E-state index contributed by atoms with van der Waals surface area (Å²) in [5, 5.41) is 10.3. The van der Waals surface area contributed by atoms with Gasteiger partial charge in [-0.25, -0.2) is 9.67 Å². The van der Waals surface area contributed by atoms with Gasteiger partial charge in [0.1, 0.15) is 10.7 Å². The van der Waals surface area contributed by atoms with Crippen molar-refractivity contribution in [2.24, 2.45) is 0 Å². The second-order valence-electron chi connectivity index (χ2n) is 8.59. The number of piperazine rings is 1. The van der Waals surface area contributed by atoms with Crippen LogP contribution in [0.4, 0.5) is 0 Å². The van der Waals surface area contributed by atoms with Gasteiger partial charge in [-0.05, 0) is 24.7 Å². The van der Waals surface area contributed by atoms with Crippen LogP contribution in [-0.2, 0) is 0 Å². The summed E-state index contributed by atoms with van der Waals surface area (Å²) < 4.78 is 1.82. The molecule has 2 aromatic carbocycles. The molecule has 0 spiro atoms. The molecule has 1 saturated heterocycles. The first kappa shape index (κ1) is 22.5. The molecule has 1 atom stereocenters. The Bertz CT molecular complexity index is 1210. The number of carbonyl (C=O) groups excluding carboxylic acids is 1. The third kappa shape index (κ3) is 5.25. The average molecular weight is 473 g/mol. The molecular weight excluding hydrogens is 444 g/mol. The topological polar surface area (TPSA) is 66.3 Å². The predicted molar refractivity (Wildman–Crippen MR) is 135 cm³/mol. The van der Waals surface area contributed by atoms with E-state index in [2.05, 4.69) is 44.4 Å². The molecule has 4 aromatic rings. The van der Waals surface area contributed by atoms with E-state index >= 15 is 0 Å². The molecule has 1 unspecified atom stereocenters. The van der Waals surface area contributed by atoms with E-state index < -0.39 is 0 Å². The van der Waals surface area contributed by atoms with Crippen molar-refractivity contribution in [3.63, 3.8) is 0 Å². The number of nitrogens with one attached hydrogen (secondary N) is 1. The normalized spacial score (nSPS) is 15.8. The Morgan fingerprint density at radius 2 is 1.74 bits per heavy atom. The first-order valence-electron chi connectivity index (χ1n) is 11.5. The molecule has 0 aliphatic carbocycles. The highest BCUT2D eigenvalue weighted by Gasteiger charge is 2.23. The van der Waals surface area contributed by atoms with E-state index in [4.69, 9.17) is 0 Å². The minimum atomic E-state index is -0.152. The van der Waals surface area contributed by atoms with Gasteiger partial charge in [-0.15, -0.1) is 11.3 Å². The quantitative estimate of drug-likeness (QED) is 0.444. The molecule has 1 fully saturated rings. The van der Waals surface area contributed by atoms with Gasteiger partial charge < -0.3 is 10.2 Å². The maximum atomic E-state index is 13.2. The smallest absolute Gasteiger partial charge is 0.271 e. The van der Waals surface area contributed by atoms with E-state index in [1.54, 1.807) is 6.20 Å². The summed E-state index contributed by atoms with van der Waals surface area (Å²) >= 11 is 1.46. The summed E-state index contributed by atoms with van der Waals surface area (Å²) in [4.78, 5) is 22.6. The van der Waals surface area contributed by atoms with E-state index in [-0.39, 0.29) is 11.9 Å². The summed E-state index contributed by atoms with van der Waals surface area (Å²) in [5.74, 6) is -0.152. The van der Waals surface area contributed by atoms with Crippen molar-refractivity contribution in [2.45, 2.75) is 6.04 Å². The van der Waals surface area contributed by atoms with Gasteiger partial charge in [-0.2, -0.15) is 5.10 Å². The van der Waals surface area contributed by atoms with Crippen molar-refractivity contribution in [2.75, 3.05) is 39.8 Å². The Labute approximate surface area is 203 Å². The molecule has 1 N–H and O–H groups in total. The van der Waals surface area contributed by atoms with Crippen LogP contribution in [0.2, 0.25) is 0 Å². The number of para-hydroxylation sites is 1. The number of rotatable bonds is 7. The molecule has 0 saturated carbocycles. The molecule has 8 heteroatoms. The van der Waals surface area contributed by atoms with E-state index in [1.165, 1.54) is 11.3 Å². The van der Waals surface area contributed by atoms with Crippen molar-refractivity contribution in [1.82, 2.24) is 29.9 Å². The number of benzene rings is 2. The third-order valence-electron chi connectivity index (χ3n) is 6.13. The SMILES string of the molecule is CN1CCN(CC(NC(=O)c2csc(-c3cnn(-c4ccccc4)c3)n2)c2ccccc2)CC1. The van der Waals surface area contributed by atoms with Gasteiger partial charge in [0.15, 0.2) is 0 Å². The predicted octanol–water partition coefficient (Wildman–Crippen LogP) is 3.71. The number of thiazole rings is 1. The van der Waals surface area contributed by atoms with Crippen LogP contribution in [0.5, 0.6) is 0 Å². The van der Waals surface area contributed by atoms with Crippen LogP contribution >= 0.6 is 11.3 Å². The molecule has 34 heavy (non-hydrogen) atoms. The largest absolute Gasteiger partial charge is 0.343 e. The molecule has 3 heterocycles. The van der Waals surface area contributed by atoms with Crippen molar-refractivity contribution in [1.29, 1.82) is 0 Å². The van der Waals surface area contributed by atoms with Crippen LogP contribution in [0.25, 0.3) is 16.3 Å². The molecule has 7 nitrogen and oxygen atoms in total. The summed E-state index contributed by atoms with van der Waals surface area (Å²) in [6.45, 7) is 4.87. The number of hydrogen-bond acceptors (Lipinski definition) is 6. The first-order valence-corrected chi connectivity index (χ1v) is 12.4. The molecule has 2 aromatic heterocycles. The van der Waals surface area contributed by atoms with Crippen molar-refractivity contribution >= 4 is 17.2 Å². The van der Waals surface area contributed by atoms with E-state index in [1.807, 2.05) is 64.8 Å². The number of amides is 1. The molecule has 0 radical (unpaired) electrons. The fraction of sp³-hybridized carbons (Fsp3) is 0.269. The zero-order valence-electron chi connectivity index (χ0n) is 19.2. The molecule has 0 bridgehead atoms. The van der Waals surface area contributed by atoms with Gasteiger partial charge >= 0.3 is 0 Å². The Morgan fingerprint density at radius 1 is 1.03 bits per heavy atom. The fourth-order valence-electron chi connectivity index (χ4n) is 4.11. The van der Waals surface area contributed by atoms with Crippen molar-refractivity contribution < 1.29 is 4.79 Å². The highest BCUT2D eigenvalue weighted by molar-refractivity contribution is 7.13. The lowest BCUT2D eigenvalue weighted by molar-refractivity contribution is 0.0903. The molecule has 1 amide bonds. The van der Waals surface area contributed by atoms with E-state index in [9.17, 15) is 4.79 Å². The zero-order chi connectivity index (χ0) is 23.3. The molecule has 174 valence electrons. The molecule has 1 aliphatic rings. The fourth-order valence-corrected chi connectivity index (χ4v) is 4.88. The van der Waals surface area contributed by atoms with Crippen LogP contribution in [0.1, 0.15) is 22.1 Å². The number of carbonyl (C=O) groups is 1. The van der Waals surface area contributed by atoms with Crippen LogP contribution in [-0.4, -0.2) is 70.2 Å². The summed E-state index contributed by atoms with van der Waals surface area (Å²) in [6, 6.07) is 20.0. The molecule has 1 aliphatic heterocycles. The van der Waals surface area contributed by atoms with Gasteiger partial charge in [0.2, 0.25) is 0 Å². The minimum Gasteiger partial charge on any atom is -0.343 e.